The Hall–Kier alpha value is -1.26. The Labute approximate surface area is 128 Å². The third-order valence-corrected chi connectivity index (χ3v) is 4.53. The minimum absolute atomic E-state index is 0.250. The molecule has 2 N–H and O–H groups in total. The van der Waals surface area contributed by atoms with Gasteiger partial charge in [-0.2, -0.15) is 0 Å². The molecule has 118 valence electrons. The van der Waals surface area contributed by atoms with E-state index in [0.717, 1.165) is 18.0 Å². The highest BCUT2D eigenvalue weighted by atomic mass is 16.5. The number of nitrogens with zero attached hydrogens (tertiary/aromatic N) is 1. The maximum absolute atomic E-state index is 6.10. The molecule has 1 aromatic carbocycles. The molecule has 0 radical (unpaired) electrons. The topological polar surface area (TPSA) is 47.7 Å². The first-order valence-corrected chi connectivity index (χ1v) is 7.80. The highest BCUT2D eigenvalue weighted by molar-refractivity contribution is 5.44. The number of benzene rings is 1. The van der Waals surface area contributed by atoms with Crippen LogP contribution in [0.1, 0.15) is 38.3 Å². The van der Waals surface area contributed by atoms with Gasteiger partial charge in [-0.25, -0.2) is 0 Å². The second-order valence-corrected chi connectivity index (χ2v) is 6.06. The summed E-state index contributed by atoms with van der Waals surface area (Å²) < 4.78 is 10.7. The van der Waals surface area contributed by atoms with E-state index in [1.807, 2.05) is 6.07 Å². The molecule has 0 spiro atoms. The lowest BCUT2D eigenvalue weighted by atomic mass is 9.98. The van der Waals surface area contributed by atoms with Gasteiger partial charge in [0.25, 0.3) is 0 Å². The summed E-state index contributed by atoms with van der Waals surface area (Å²) in [6.45, 7) is 6.34. The van der Waals surface area contributed by atoms with Gasteiger partial charge in [0, 0.05) is 18.6 Å². The summed E-state index contributed by atoms with van der Waals surface area (Å²) in [4.78, 5) is 2.56. The first kappa shape index (κ1) is 16.1. The summed E-state index contributed by atoms with van der Waals surface area (Å²) in [5, 5.41) is 0. The molecule has 0 amide bonds. The fraction of sp³-hybridized carbons (Fsp3) is 0.647. The van der Waals surface area contributed by atoms with E-state index in [1.165, 1.54) is 18.4 Å². The van der Waals surface area contributed by atoms with Gasteiger partial charge in [-0.1, -0.05) is 19.9 Å². The third-order valence-electron chi connectivity index (χ3n) is 4.53. The van der Waals surface area contributed by atoms with E-state index in [2.05, 4.69) is 30.9 Å². The lowest BCUT2D eigenvalue weighted by molar-refractivity contribution is 0.149. The van der Waals surface area contributed by atoms with Crippen LogP contribution < -0.4 is 15.2 Å². The van der Waals surface area contributed by atoms with Crippen molar-refractivity contribution >= 4 is 0 Å². The number of methoxy groups -OCH3 is 2. The smallest absolute Gasteiger partial charge is 0.161 e. The predicted octanol–water partition coefficient (Wildman–Crippen LogP) is 2.82. The van der Waals surface area contributed by atoms with Gasteiger partial charge in [0.2, 0.25) is 0 Å². The van der Waals surface area contributed by atoms with Crippen LogP contribution in [0.5, 0.6) is 11.5 Å². The van der Waals surface area contributed by atoms with Gasteiger partial charge in [0.05, 0.1) is 14.2 Å². The first-order valence-electron chi connectivity index (χ1n) is 7.80. The first-order chi connectivity index (χ1) is 10.1. The Morgan fingerprint density at radius 1 is 1.24 bits per heavy atom. The number of hydrogen-bond acceptors (Lipinski definition) is 4. The number of likely N-dealkylation sites (tertiary alicyclic amines) is 1. The van der Waals surface area contributed by atoms with Crippen LogP contribution in [0.15, 0.2) is 18.2 Å². The predicted molar refractivity (Wildman–Crippen MR) is 85.9 cm³/mol. The molecular formula is C17H28N2O2. The average molecular weight is 292 g/mol. The molecule has 2 rings (SSSR count). The monoisotopic (exact) mass is 292 g/mol. The second-order valence-electron chi connectivity index (χ2n) is 6.06. The minimum atomic E-state index is 0.250. The molecule has 0 saturated carbocycles. The molecule has 0 bridgehead atoms. The highest BCUT2D eigenvalue weighted by Crippen LogP contribution is 2.36. The highest BCUT2D eigenvalue weighted by Gasteiger charge is 2.32. The molecule has 0 aromatic heterocycles. The van der Waals surface area contributed by atoms with Crippen LogP contribution in [-0.2, 0) is 0 Å². The van der Waals surface area contributed by atoms with Gasteiger partial charge in [-0.05, 0) is 43.0 Å². The van der Waals surface area contributed by atoms with Crippen LogP contribution in [-0.4, -0.2) is 38.3 Å². The Morgan fingerprint density at radius 3 is 2.52 bits per heavy atom. The molecule has 0 aliphatic carbocycles. The number of nitrogens with two attached hydrogens (primary N) is 1. The SMILES string of the molecule is COc1ccc(C(CN)N2CCCC2C(C)C)cc1OC. The minimum Gasteiger partial charge on any atom is -0.493 e. The summed E-state index contributed by atoms with van der Waals surface area (Å²) in [6, 6.07) is 7.00. The van der Waals surface area contributed by atoms with Gasteiger partial charge < -0.3 is 15.2 Å². The van der Waals surface area contributed by atoms with E-state index < -0.39 is 0 Å². The molecule has 1 saturated heterocycles. The largest absolute Gasteiger partial charge is 0.493 e. The van der Waals surface area contributed by atoms with Crippen LogP contribution in [0.3, 0.4) is 0 Å². The summed E-state index contributed by atoms with van der Waals surface area (Å²) >= 11 is 0. The van der Waals surface area contributed by atoms with Gasteiger partial charge in [-0.3, -0.25) is 4.90 Å². The average Bonchev–Trinajstić information content (AvgIpc) is 2.97. The van der Waals surface area contributed by atoms with Crippen molar-refractivity contribution in [1.82, 2.24) is 4.90 Å². The molecule has 4 nitrogen and oxygen atoms in total. The van der Waals surface area contributed by atoms with Crippen molar-refractivity contribution in [2.45, 2.75) is 38.8 Å². The van der Waals surface area contributed by atoms with Crippen LogP contribution in [0.25, 0.3) is 0 Å². The standard InChI is InChI=1S/C17H28N2O2/c1-12(2)14-6-5-9-19(14)15(11-18)13-7-8-16(20-3)17(10-13)21-4/h7-8,10,12,14-15H,5-6,9,11,18H2,1-4H3. The van der Waals surface area contributed by atoms with Crippen LogP contribution in [0.2, 0.25) is 0 Å². The van der Waals surface area contributed by atoms with Gasteiger partial charge in [0.15, 0.2) is 11.5 Å². The zero-order chi connectivity index (χ0) is 15.4. The van der Waals surface area contributed by atoms with E-state index >= 15 is 0 Å². The lowest BCUT2D eigenvalue weighted by Crippen LogP contribution is -2.39. The molecule has 21 heavy (non-hydrogen) atoms. The van der Waals surface area contributed by atoms with E-state index in [4.69, 9.17) is 15.2 Å². The van der Waals surface area contributed by atoms with Crippen molar-refractivity contribution in [3.63, 3.8) is 0 Å². The molecule has 1 aliphatic heterocycles. The molecular weight excluding hydrogens is 264 g/mol. The van der Waals surface area contributed by atoms with Crippen molar-refractivity contribution < 1.29 is 9.47 Å². The zero-order valence-corrected chi connectivity index (χ0v) is 13.6. The summed E-state index contributed by atoms with van der Waals surface area (Å²) in [5.41, 5.74) is 7.31. The lowest BCUT2D eigenvalue weighted by Gasteiger charge is -2.35. The molecule has 2 unspecified atom stereocenters. The van der Waals surface area contributed by atoms with E-state index in [1.54, 1.807) is 14.2 Å². The number of ether oxygens (including phenoxy) is 2. The molecule has 4 heteroatoms. The van der Waals surface area contributed by atoms with Crippen LogP contribution in [0, 0.1) is 5.92 Å². The van der Waals surface area contributed by atoms with Crippen molar-refractivity contribution in [3.8, 4) is 11.5 Å². The van der Waals surface area contributed by atoms with E-state index in [-0.39, 0.29) is 6.04 Å². The molecule has 1 heterocycles. The Kier molecular flexibility index (Phi) is 5.48. The molecule has 1 fully saturated rings. The normalized spacial score (nSPS) is 20.8. The van der Waals surface area contributed by atoms with Crippen molar-refractivity contribution in [2.24, 2.45) is 11.7 Å². The summed E-state index contributed by atoms with van der Waals surface area (Å²) in [5.74, 6) is 2.19. The molecule has 2 atom stereocenters. The number of rotatable bonds is 6. The quantitative estimate of drug-likeness (QED) is 0.876. The third kappa shape index (κ3) is 3.33. The zero-order valence-electron chi connectivity index (χ0n) is 13.6. The van der Waals surface area contributed by atoms with Crippen LogP contribution >= 0.6 is 0 Å². The van der Waals surface area contributed by atoms with Gasteiger partial charge in [-0.15, -0.1) is 0 Å². The molecule has 1 aliphatic rings. The summed E-state index contributed by atoms with van der Waals surface area (Å²) in [7, 11) is 3.33. The Bertz CT molecular complexity index is 462. The molecule has 1 aromatic rings. The summed E-state index contributed by atoms with van der Waals surface area (Å²) in [6.07, 6.45) is 2.52. The Balaban J connectivity index is 2.28. The maximum atomic E-state index is 6.10. The second kappa shape index (κ2) is 7.14. The van der Waals surface area contributed by atoms with E-state index in [0.29, 0.717) is 18.5 Å². The van der Waals surface area contributed by atoms with E-state index in [9.17, 15) is 0 Å². The fourth-order valence-corrected chi connectivity index (χ4v) is 3.44. The maximum Gasteiger partial charge on any atom is 0.161 e. The van der Waals surface area contributed by atoms with Crippen molar-refractivity contribution in [2.75, 3.05) is 27.3 Å². The fourth-order valence-electron chi connectivity index (χ4n) is 3.44. The van der Waals surface area contributed by atoms with Gasteiger partial charge in [0.1, 0.15) is 0 Å². The van der Waals surface area contributed by atoms with Gasteiger partial charge >= 0.3 is 0 Å². The van der Waals surface area contributed by atoms with Crippen molar-refractivity contribution in [3.05, 3.63) is 23.8 Å². The number of hydrogen-bond donors (Lipinski definition) is 1. The Morgan fingerprint density at radius 2 is 1.95 bits per heavy atom. The van der Waals surface area contributed by atoms with Crippen molar-refractivity contribution in [1.29, 1.82) is 0 Å². The van der Waals surface area contributed by atoms with Crippen LogP contribution in [0.4, 0.5) is 0 Å².